The zero-order valence-electron chi connectivity index (χ0n) is 15.1. The largest absolute Gasteiger partial charge is 0.493 e. The molecule has 1 unspecified atom stereocenters. The molecule has 4 rings (SSSR count). The molecule has 0 aliphatic carbocycles. The Labute approximate surface area is 167 Å². The van der Waals surface area contributed by atoms with Crippen LogP contribution in [0.25, 0.3) is 0 Å². The molecule has 144 valence electrons. The zero-order valence-corrected chi connectivity index (χ0v) is 15.9. The van der Waals surface area contributed by atoms with E-state index in [0.717, 1.165) is 11.3 Å². The van der Waals surface area contributed by atoms with Gasteiger partial charge in [-0.05, 0) is 36.8 Å². The first-order chi connectivity index (χ1) is 13.5. The minimum atomic E-state index is -0.297. The number of nitrogens with one attached hydrogen (secondary N) is 1. The van der Waals surface area contributed by atoms with Crippen molar-refractivity contribution < 1.29 is 19.1 Å². The smallest absolute Gasteiger partial charge is 0.261 e. The van der Waals surface area contributed by atoms with E-state index in [1.165, 1.54) is 4.90 Å². The molecular formula is C21H19ClN2O4. The Hall–Kier alpha value is -2.86. The number of halogens is 1. The van der Waals surface area contributed by atoms with Gasteiger partial charge in [0.1, 0.15) is 5.75 Å². The highest BCUT2D eigenvalue weighted by Gasteiger charge is 2.34. The van der Waals surface area contributed by atoms with Crippen molar-refractivity contribution in [1.82, 2.24) is 10.2 Å². The van der Waals surface area contributed by atoms with Crippen LogP contribution < -0.4 is 10.1 Å². The SMILES string of the molecule is O=C(CCCN1C(=O)c2ccccc2C1=O)NC1CCOc2ccc(Cl)cc21. The molecule has 2 aromatic rings. The Kier molecular flexibility index (Phi) is 5.05. The number of fused-ring (bicyclic) bond motifs is 2. The fourth-order valence-electron chi connectivity index (χ4n) is 3.62. The van der Waals surface area contributed by atoms with E-state index in [0.29, 0.717) is 35.6 Å². The molecule has 0 spiro atoms. The summed E-state index contributed by atoms with van der Waals surface area (Å²) in [7, 11) is 0. The Morgan fingerprint density at radius 3 is 2.57 bits per heavy atom. The summed E-state index contributed by atoms with van der Waals surface area (Å²) in [5, 5.41) is 3.59. The van der Waals surface area contributed by atoms with Crippen molar-refractivity contribution in [2.45, 2.75) is 25.3 Å². The van der Waals surface area contributed by atoms with Crippen LogP contribution in [0.15, 0.2) is 42.5 Å². The maximum absolute atomic E-state index is 12.4. The van der Waals surface area contributed by atoms with E-state index in [2.05, 4.69) is 5.32 Å². The van der Waals surface area contributed by atoms with Gasteiger partial charge in [0.25, 0.3) is 11.8 Å². The number of carbonyl (C=O) groups excluding carboxylic acids is 3. The minimum Gasteiger partial charge on any atom is -0.493 e. The third kappa shape index (κ3) is 3.47. The minimum absolute atomic E-state index is 0.130. The predicted octanol–water partition coefficient (Wildman–Crippen LogP) is 3.36. The summed E-state index contributed by atoms with van der Waals surface area (Å²) in [6.07, 6.45) is 1.29. The van der Waals surface area contributed by atoms with E-state index in [4.69, 9.17) is 16.3 Å². The molecule has 0 saturated heterocycles. The Morgan fingerprint density at radius 1 is 1.14 bits per heavy atom. The van der Waals surface area contributed by atoms with Crippen LogP contribution in [0.4, 0.5) is 0 Å². The highest BCUT2D eigenvalue weighted by molar-refractivity contribution is 6.30. The number of carbonyl (C=O) groups is 3. The van der Waals surface area contributed by atoms with Gasteiger partial charge in [-0.3, -0.25) is 19.3 Å². The molecule has 0 saturated carbocycles. The number of hydrogen-bond acceptors (Lipinski definition) is 4. The standard InChI is InChI=1S/C21H19ClN2O4/c22-13-7-8-18-16(12-13)17(9-11-28-18)23-19(25)6-3-10-24-20(26)14-4-1-2-5-15(14)21(24)27/h1-2,4-5,7-8,12,17H,3,6,9-11H2,(H,23,25). The van der Waals surface area contributed by atoms with E-state index in [9.17, 15) is 14.4 Å². The van der Waals surface area contributed by atoms with Crippen LogP contribution in [0.2, 0.25) is 5.02 Å². The summed E-state index contributed by atoms with van der Waals surface area (Å²) in [5.41, 5.74) is 1.72. The van der Waals surface area contributed by atoms with Gasteiger partial charge in [-0.25, -0.2) is 0 Å². The summed E-state index contributed by atoms with van der Waals surface area (Å²) < 4.78 is 5.60. The quantitative estimate of drug-likeness (QED) is 0.783. The van der Waals surface area contributed by atoms with Crippen molar-refractivity contribution in [3.63, 3.8) is 0 Å². The predicted molar refractivity (Wildman–Crippen MR) is 103 cm³/mol. The van der Waals surface area contributed by atoms with Gasteiger partial charge in [-0.2, -0.15) is 0 Å². The number of hydrogen-bond donors (Lipinski definition) is 1. The van der Waals surface area contributed by atoms with E-state index in [1.54, 1.807) is 42.5 Å². The first-order valence-electron chi connectivity index (χ1n) is 9.21. The van der Waals surface area contributed by atoms with Crippen LogP contribution in [-0.2, 0) is 4.79 Å². The van der Waals surface area contributed by atoms with Gasteiger partial charge < -0.3 is 10.1 Å². The average molecular weight is 399 g/mol. The van der Waals surface area contributed by atoms with Gasteiger partial charge >= 0.3 is 0 Å². The van der Waals surface area contributed by atoms with Crippen LogP contribution in [0, 0.1) is 0 Å². The Bertz CT molecular complexity index is 924. The van der Waals surface area contributed by atoms with Gasteiger partial charge in [0.05, 0.1) is 23.8 Å². The number of benzene rings is 2. The molecule has 6 nitrogen and oxygen atoms in total. The summed E-state index contributed by atoms with van der Waals surface area (Å²) in [6, 6.07) is 12.0. The molecule has 7 heteroatoms. The molecule has 0 fully saturated rings. The topological polar surface area (TPSA) is 75.7 Å². The fraction of sp³-hybridized carbons (Fsp3) is 0.286. The van der Waals surface area contributed by atoms with Crippen LogP contribution in [0.3, 0.4) is 0 Å². The molecular weight excluding hydrogens is 380 g/mol. The lowest BCUT2D eigenvalue weighted by molar-refractivity contribution is -0.122. The molecule has 2 aliphatic heterocycles. The van der Waals surface area contributed by atoms with E-state index >= 15 is 0 Å². The molecule has 2 aromatic carbocycles. The van der Waals surface area contributed by atoms with Gasteiger partial charge in [0.15, 0.2) is 0 Å². The van der Waals surface area contributed by atoms with Crippen molar-refractivity contribution in [1.29, 1.82) is 0 Å². The highest BCUT2D eigenvalue weighted by Crippen LogP contribution is 2.34. The molecule has 28 heavy (non-hydrogen) atoms. The maximum Gasteiger partial charge on any atom is 0.261 e. The second kappa shape index (κ2) is 7.64. The lowest BCUT2D eigenvalue weighted by Gasteiger charge is -2.27. The first kappa shape index (κ1) is 18.5. The molecule has 1 atom stereocenters. The van der Waals surface area contributed by atoms with Gasteiger partial charge in [0.2, 0.25) is 5.91 Å². The molecule has 0 aromatic heterocycles. The van der Waals surface area contributed by atoms with Crippen LogP contribution in [-0.4, -0.2) is 35.8 Å². The van der Waals surface area contributed by atoms with Gasteiger partial charge in [0, 0.05) is 30.0 Å². The Balaban J connectivity index is 1.33. The monoisotopic (exact) mass is 398 g/mol. The number of rotatable bonds is 5. The number of amides is 3. The van der Waals surface area contributed by atoms with Crippen molar-refractivity contribution in [2.75, 3.05) is 13.2 Å². The lowest BCUT2D eigenvalue weighted by atomic mass is 10.0. The first-order valence-corrected chi connectivity index (χ1v) is 9.59. The molecule has 2 aliphatic rings. The van der Waals surface area contributed by atoms with Crippen molar-refractivity contribution >= 4 is 29.3 Å². The second-order valence-corrected chi connectivity index (χ2v) is 7.29. The van der Waals surface area contributed by atoms with Crippen LogP contribution in [0.5, 0.6) is 5.75 Å². The zero-order chi connectivity index (χ0) is 19.7. The maximum atomic E-state index is 12.4. The molecule has 3 amide bonds. The summed E-state index contributed by atoms with van der Waals surface area (Å²) in [6.45, 7) is 0.741. The Morgan fingerprint density at radius 2 is 1.86 bits per heavy atom. The third-order valence-electron chi connectivity index (χ3n) is 5.01. The summed E-state index contributed by atoms with van der Waals surface area (Å²) in [4.78, 5) is 38.3. The fourth-order valence-corrected chi connectivity index (χ4v) is 3.80. The summed E-state index contributed by atoms with van der Waals surface area (Å²) >= 11 is 6.06. The molecule has 0 radical (unpaired) electrons. The normalized spacial score (nSPS) is 17.8. The second-order valence-electron chi connectivity index (χ2n) is 6.85. The average Bonchev–Trinajstić information content (AvgIpc) is 2.94. The van der Waals surface area contributed by atoms with E-state index in [1.807, 2.05) is 0 Å². The van der Waals surface area contributed by atoms with Crippen molar-refractivity contribution in [3.8, 4) is 5.75 Å². The van der Waals surface area contributed by atoms with Crippen molar-refractivity contribution in [3.05, 3.63) is 64.2 Å². The molecule has 1 N–H and O–H groups in total. The number of imide groups is 1. The van der Waals surface area contributed by atoms with Crippen molar-refractivity contribution in [2.24, 2.45) is 0 Å². The van der Waals surface area contributed by atoms with Gasteiger partial charge in [-0.1, -0.05) is 23.7 Å². The van der Waals surface area contributed by atoms with Crippen LogP contribution in [0.1, 0.15) is 51.6 Å². The highest BCUT2D eigenvalue weighted by atomic mass is 35.5. The number of nitrogens with zero attached hydrogens (tertiary/aromatic N) is 1. The van der Waals surface area contributed by atoms with Crippen LogP contribution >= 0.6 is 11.6 Å². The number of ether oxygens (including phenoxy) is 1. The van der Waals surface area contributed by atoms with E-state index in [-0.39, 0.29) is 36.7 Å². The third-order valence-corrected chi connectivity index (χ3v) is 5.25. The lowest BCUT2D eigenvalue weighted by Crippen LogP contribution is -2.34. The van der Waals surface area contributed by atoms with E-state index < -0.39 is 0 Å². The van der Waals surface area contributed by atoms with Gasteiger partial charge in [-0.15, -0.1) is 0 Å². The molecule has 2 heterocycles. The molecule has 0 bridgehead atoms. The summed E-state index contributed by atoms with van der Waals surface area (Å²) in [5.74, 6) is 0.00409.